The molecule has 1 aliphatic heterocycles. The Morgan fingerprint density at radius 3 is 2.87 bits per heavy atom. The molecule has 1 aromatic carbocycles. The van der Waals surface area contributed by atoms with Crippen LogP contribution in [0.2, 0.25) is 5.02 Å². The lowest BCUT2D eigenvalue weighted by atomic mass is 9.74. The molecule has 2 aromatic heterocycles. The predicted molar refractivity (Wildman–Crippen MR) is 121 cm³/mol. The van der Waals surface area contributed by atoms with E-state index in [0.717, 1.165) is 34.5 Å². The summed E-state index contributed by atoms with van der Waals surface area (Å²) in [5.41, 5.74) is 7.75. The van der Waals surface area contributed by atoms with Gasteiger partial charge in [0, 0.05) is 30.2 Å². The highest BCUT2D eigenvalue weighted by molar-refractivity contribution is 7.99. The fourth-order valence-corrected chi connectivity index (χ4v) is 6.32. The summed E-state index contributed by atoms with van der Waals surface area (Å²) in [5, 5.41) is 12.6. The van der Waals surface area contributed by atoms with Crippen LogP contribution >= 0.6 is 23.4 Å². The van der Waals surface area contributed by atoms with Gasteiger partial charge >= 0.3 is 0 Å². The molecule has 0 radical (unpaired) electrons. The van der Waals surface area contributed by atoms with Crippen LogP contribution in [0.25, 0.3) is 5.65 Å². The minimum absolute atomic E-state index is 0.442. The average molecular weight is 444 g/mol. The van der Waals surface area contributed by atoms with E-state index in [-0.39, 0.29) is 0 Å². The molecular formula is C21H26ClN7S. The van der Waals surface area contributed by atoms with Crippen molar-refractivity contribution in [3.8, 4) is 0 Å². The standard InChI is InChI=1S/C21H26ClN7S/c1-24-17-6-3-7-21(17)8-10-28(11-9-21)20-25-12-16(19-27-26-13-29(19)20)30-15-5-2-4-14(23)18(15)22/h2,4-5,12-13,17,24H,3,6-11,23H2,1H3/t17-/m1/s1. The summed E-state index contributed by atoms with van der Waals surface area (Å²) >= 11 is 7.89. The molecule has 3 aromatic rings. The van der Waals surface area contributed by atoms with E-state index in [0.29, 0.717) is 22.2 Å². The Morgan fingerprint density at radius 1 is 1.23 bits per heavy atom. The number of nitrogens with one attached hydrogen (secondary N) is 1. The predicted octanol–water partition coefficient (Wildman–Crippen LogP) is 3.87. The number of fused-ring (bicyclic) bond motifs is 1. The van der Waals surface area contributed by atoms with Gasteiger partial charge in [-0.25, -0.2) is 9.38 Å². The van der Waals surface area contributed by atoms with Crippen molar-refractivity contribution >= 4 is 40.6 Å². The fraction of sp³-hybridized carbons (Fsp3) is 0.476. The van der Waals surface area contributed by atoms with E-state index >= 15 is 0 Å². The minimum Gasteiger partial charge on any atom is -0.397 e. The van der Waals surface area contributed by atoms with Crippen molar-refractivity contribution < 1.29 is 0 Å². The number of hydrogen-bond donors (Lipinski definition) is 2. The fourth-order valence-electron chi connectivity index (χ4n) is 5.16. The van der Waals surface area contributed by atoms with Crippen molar-refractivity contribution in [2.45, 2.75) is 47.9 Å². The van der Waals surface area contributed by atoms with Crippen LogP contribution in [0.3, 0.4) is 0 Å². The van der Waals surface area contributed by atoms with Gasteiger partial charge in [0.15, 0.2) is 5.65 Å². The van der Waals surface area contributed by atoms with Gasteiger partial charge in [0.25, 0.3) is 0 Å². The molecule has 1 aliphatic carbocycles. The van der Waals surface area contributed by atoms with Gasteiger partial charge < -0.3 is 16.0 Å². The second-order valence-electron chi connectivity index (χ2n) is 8.29. The average Bonchev–Trinajstić information content (AvgIpc) is 3.40. The van der Waals surface area contributed by atoms with Crippen LogP contribution in [-0.2, 0) is 0 Å². The van der Waals surface area contributed by atoms with Gasteiger partial charge in [-0.1, -0.05) is 35.9 Å². The van der Waals surface area contributed by atoms with E-state index in [4.69, 9.17) is 22.3 Å². The van der Waals surface area contributed by atoms with Crippen LogP contribution in [-0.4, -0.2) is 45.8 Å². The van der Waals surface area contributed by atoms with Crippen molar-refractivity contribution in [2.24, 2.45) is 5.41 Å². The number of halogens is 1. The summed E-state index contributed by atoms with van der Waals surface area (Å²) in [6, 6.07) is 6.29. The largest absolute Gasteiger partial charge is 0.397 e. The highest BCUT2D eigenvalue weighted by atomic mass is 35.5. The number of nitrogen functional groups attached to an aromatic ring is 1. The van der Waals surface area contributed by atoms with Crippen LogP contribution in [0.5, 0.6) is 0 Å². The molecule has 30 heavy (non-hydrogen) atoms. The number of nitrogens with zero attached hydrogens (tertiary/aromatic N) is 5. The first-order valence-electron chi connectivity index (χ1n) is 10.4. The van der Waals surface area contributed by atoms with E-state index in [9.17, 15) is 0 Å². The Hall–Kier alpha value is -2.03. The van der Waals surface area contributed by atoms with Gasteiger partial charge in [0.2, 0.25) is 5.95 Å². The molecule has 3 heterocycles. The van der Waals surface area contributed by atoms with E-state index < -0.39 is 0 Å². The first-order valence-corrected chi connectivity index (χ1v) is 11.6. The second-order valence-corrected chi connectivity index (χ2v) is 9.75. The van der Waals surface area contributed by atoms with Crippen molar-refractivity contribution in [2.75, 3.05) is 30.8 Å². The van der Waals surface area contributed by atoms with Gasteiger partial charge in [-0.2, -0.15) is 0 Å². The molecule has 1 spiro atoms. The van der Waals surface area contributed by atoms with Crippen molar-refractivity contribution in [1.82, 2.24) is 24.9 Å². The van der Waals surface area contributed by atoms with Crippen LogP contribution in [0, 0.1) is 5.41 Å². The zero-order valence-corrected chi connectivity index (χ0v) is 18.6. The third kappa shape index (κ3) is 3.31. The Bertz CT molecular complexity index is 1060. The summed E-state index contributed by atoms with van der Waals surface area (Å²) in [6.45, 7) is 2.01. The molecule has 7 nitrogen and oxygen atoms in total. The number of benzene rings is 1. The number of hydrogen-bond acceptors (Lipinski definition) is 7. The van der Waals surface area contributed by atoms with Crippen molar-refractivity contribution in [1.29, 1.82) is 0 Å². The molecule has 2 aliphatic rings. The monoisotopic (exact) mass is 443 g/mol. The van der Waals surface area contributed by atoms with Crippen LogP contribution < -0.4 is 16.0 Å². The van der Waals surface area contributed by atoms with E-state index in [1.807, 2.05) is 22.7 Å². The lowest BCUT2D eigenvalue weighted by Crippen LogP contribution is -2.48. The first-order chi connectivity index (χ1) is 14.6. The number of aromatic nitrogens is 4. The lowest BCUT2D eigenvalue weighted by molar-refractivity contribution is 0.177. The van der Waals surface area contributed by atoms with Gasteiger partial charge in [0.05, 0.1) is 15.6 Å². The Morgan fingerprint density at radius 2 is 2.07 bits per heavy atom. The molecule has 1 saturated heterocycles. The van der Waals surface area contributed by atoms with Gasteiger partial charge in [-0.15, -0.1) is 10.2 Å². The molecule has 0 bridgehead atoms. The summed E-state index contributed by atoms with van der Waals surface area (Å²) in [5.74, 6) is 0.909. The third-order valence-electron chi connectivity index (χ3n) is 6.79. The molecule has 0 unspecified atom stereocenters. The molecule has 1 atom stereocenters. The number of nitrogens with two attached hydrogens (primary N) is 1. The lowest BCUT2D eigenvalue weighted by Gasteiger charge is -2.43. The van der Waals surface area contributed by atoms with Gasteiger partial charge in [0.1, 0.15) is 6.33 Å². The molecule has 2 fully saturated rings. The number of piperidine rings is 1. The highest BCUT2D eigenvalue weighted by Gasteiger charge is 2.44. The number of anilines is 2. The first kappa shape index (κ1) is 19.9. The third-order valence-corrected chi connectivity index (χ3v) is 8.39. The Labute approximate surface area is 185 Å². The van der Waals surface area contributed by atoms with Crippen LogP contribution in [0.4, 0.5) is 11.6 Å². The van der Waals surface area contributed by atoms with E-state index in [2.05, 4.69) is 27.5 Å². The molecule has 158 valence electrons. The van der Waals surface area contributed by atoms with Crippen LogP contribution in [0.1, 0.15) is 32.1 Å². The maximum atomic E-state index is 6.38. The Balaban J connectivity index is 1.40. The summed E-state index contributed by atoms with van der Waals surface area (Å²) in [6.07, 6.45) is 9.97. The molecule has 9 heteroatoms. The zero-order valence-electron chi connectivity index (χ0n) is 17.0. The van der Waals surface area contributed by atoms with Crippen LogP contribution in [0.15, 0.2) is 40.5 Å². The second kappa shape index (κ2) is 7.90. The molecule has 1 saturated carbocycles. The molecule has 5 rings (SSSR count). The van der Waals surface area contributed by atoms with E-state index in [1.165, 1.54) is 43.9 Å². The highest BCUT2D eigenvalue weighted by Crippen LogP contribution is 2.47. The van der Waals surface area contributed by atoms with Crippen molar-refractivity contribution in [3.05, 3.63) is 35.7 Å². The van der Waals surface area contributed by atoms with Gasteiger partial charge in [-0.05, 0) is 50.3 Å². The topological polar surface area (TPSA) is 84.4 Å². The SMILES string of the molecule is CN[C@@H]1CCCC12CCN(c1ncc(Sc3cccc(N)c3Cl)c3nncn13)CC2. The summed E-state index contributed by atoms with van der Waals surface area (Å²) in [4.78, 5) is 8.96. The van der Waals surface area contributed by atoms with Crippen molar-refractivity contribution in [3.63, 3.8) is 0 Å². The van der Waals surface area contributed by atoms with E-state index in [1.54, 1.807) is 12.4 Å². The minimum atomic E-state index is 0.442. The zero-order chi connectivity index (χ0) is 20.7. The van der Waals surface area contributed by atoms with Gasteiger partial charge in [-0.3, -0.25) is 0 Å². The molecular weight excluding hydrogens is 418 g/mol. The quantitative estimate of drug-likeness (QED) is 0.592. The molecule has 3 N–H and O–H groups in total. The maximum absolute atomic E-state index is 6.38. The number of rotatable bonds is 4. The summed E-state index contributed by atoms with van der Waals surface area (Å²) < 4.78 is 1.99. The Kier molecular flexibility index (Phi) is 5.24. The smallest absolute Gasteiger partial charge is 0.212 e. The molecule has 0 amide bonds. The normalized spacial score (nSPS) is 21.0. The maximum Gasteiger partial charge on any atom is 0.212 e. The summed E-state index contributed by atoms with van der Waals surface area (Å²) in [7, 11) is 2.11.